The summed E-state index contributed by atoms with van der Waals surface area (Å²) in [6.07, 6.45) is 3.40. The summed E-state index contributed by atoms with van der Waals surface area (Å²) in [7, 11) is -4.53. The van der Waals surface area contributed by atoms with Crippen LogP contribution in [-0.2, 0) is 10.1 Å². The van der Waals surface area contributed by atoms with Crippen LogP contribution in [0.25, 0.3) is 22.3 Å². The normalized spacial score (nSPS) is 15.3. The highest BCUT2D eigenvalue weighted by Gasteiger charge is 2.26. The van der Waals surface area contributed by atoms with Gasteiger partial charge < -0.3 is 4.90 Å². The number of aromatic nitrogens is 2. The molecule has 1 fully saturated rings. The Hall–Kier alpha value is -2.51. The predicted molar refractivity (Wildman–Crippen MR) is 106 cm³/mol. The molecule has 1 aliphatic heterocycles. The minimum absolute atomic E-state index is 0.195. The number of hydrogen-bond acceptors (Lipinski definition) is 5. The van der Waals surface area contributed by atoms with E-state index in [1.165, 1.54) is 6.42 Å². The molecule has 1 aliphatic rings. The smallest absolute Gasteiger partial charge is 0.314 e. The van der Waals surface area contributed by atoms with Crippen LogP contribution in [0, 0.1) is 6.92 Å². The lowest BCUT2D eigenvalue weighted by molar-refractivity contribution is 0.479. The van der Waals surface area contributed by atoms with E-state index in [-0.39, 0.29) is 5.69 Å². The highest BCUT2D eigenvalue weighted by Crippen LogP contribution is 2.37. The van der Waals surface area contributed by atoms with Gasteiger partial charge in [0.2, 0.25) is 5.03 Å². The predicted octanol–water partition coefficient (Wildman–Crippen LogP) is 3.84. The van der Waals surface area contributed by atoms with Gasteiger partial charge in [0.1, 0.15) is 5.69 Å². The molecule has 1 N–H and O–H groups in total. The van der Waals surface area contributed by atoms with Gasteiger partial charge in [0.05, 0.1) is 11.0 Å². The lowest BCUT2D eigenvalue weighted by atomic mass is 10.0. The Morgan fingerprint density at radius 2 is 1.59 bits per heavy atom. The monoisotopic (exact) mass is 383 g/mol. The Morgan fingerprint density at radius 3 is 2.26 bits per heavy atom. The first-order chi connectivity index (χ1) is 12.9. The van der Waals surface area contributed by atoms with E-state index >= 15 is 0 Å². The molecule has 7 heteroatoms. The molecule has 3 aromatic rings. The van der Waals surface area contributed by atoms with Gasteiger partial charge in [-0.05, 0) is 43.9 Å². The van der Waals surface area contributed by atoms with E-state index in [0.717, 1.165) is 37.2 Å². The van der Waals surface area contributed by atoms with Gasteiger partial charge >= 0.3 is 10.1 Å². The SMILES string of the molecule is Cc1cccc(-c2nc3ccccc3nc2S(=O)(=O)O)c1N1CCCCC1. The molecule has 0 aliphatic carbocycles. The number of para-hydroxylation sites is 3. The molecule has 140 valence electrons. The fraction of sp³-hybridized carbons (Fsp3) is 0.300. The zero-order valence-corrected chi connectivity index (χ0v) is 15.9. The average molecular weight is 383 g/mol. The van der Waals surface area contributed by atoms with Crippen LogP contribution in [0.4, 0.5) is 5.69 Å². The molecule has 0 radical (unpaired) electrons. The molecular weight excluding hydrogens is 362 g/mol. The fourth-order valence-corrected chi connectivity index (χ4v) is 4.34. The zero-order chi connectivity index (χ0) is 19.0. The van der Waals surface area contributed by atoms with Crippen LogP contribution < -0.4 is 4.90 Å². The molecule has 0 amide bonds. The number of anilines is 1. The van der Waals surface area contributed by atoms with Crippen molar-refractivity contribution in [2.75, 3.05) is 18.0 Å². The van der Waals surface area contributed by atoms with Crippen molar-refractivity contribution in [3.63, 3.8) is 0 Å². The van der Waals surface area contributed by atoms with E-state index < -0.39 is 15.1 Å². The molecule has 2 aromatic carbocycles. The van der Waals surface area contributed by atoms with Crippen LogP contribution in [0.15, 0.2) is 47.5 Å². The van der Waals surface area contributed by atoms with Crippen molar-refractivity contribution in [2.24, 2.45) is 0 Å². The Labute approximate surface area is 158 Å². The lowest BCUT2D eigenvalue weighted by Gasteiger charge is -2.32. The Kier molecular flexibility index (Phi) is 4.57. The summed E-state index contributed by atoms with van der Waals surface area (Å²) in [5, 5.41) is -0.398. The molecule has 1 aromatic heterocycles. The number of aryl methyl sites for hydroxylation is 1. The zero-order valence-electron chi connectivity index (χ0n) is 15.1. The van der Waals surface area contributed by atoms with Crippen molar-refractivity contribution in [2.45, 2.75) is 31.2 Å². The maximum absolute atomic E-state index is 12.1. The summed E-state index contributed by atoms with van der Waals surface area (Å²) < 4.78 is 34.0. The van der Waals surface area contributed by atoms with Gasteiger partial charge in [-0.25, -0.2) is 9.97 Å². The van der Waals surface area contributed by atoms with Crippen LogP contribution in [0.5, 0.6) is 0 Å². The number of fused-ring (bicyclic) bond motifs is 1. The van der Waals surface area contributed by atoms with Crippen molar-refractivity contribution in [1.29, 1.82) is 0 Å². The molecule has 2 heterocycles. The second-order valence-corrected chi connectivity index (χ2v) is 8.20. The third-order valence-corrected chi connectivity index (χ3v) is 5.72. The molecule has 0 atom stereocenters. The number of nitrogens with zero attached hydrogens (tertiary/aromatic N) is 3. The van der Waals surface area contributed by atoms with Crippen molar-refractivity contribution in [3.8, 4) is 11.3 Å². The van der Waals surface area contributed by atoms with Gasteiger partial charge in [0.15, 0.2) is 0 Å². The van der Waals surface area contributed by atoms with Crippen LogP contribution in [0.3, 0.4) is 0 Å². The topological polar surface area (TPSA) is 83.4 Å². The minimum atomic E-state index is -4.53. The van der Waals surface area contributed by atoms with Crippen LogP contribution in [0.1, 0.15) is 24.8 Å². The van der Waals surface area contributed by atoms with Crippen LogP contribution in [-0.4, -0.2) is 36.0 Å². The van der Waals surface area contributed by atoms with E-state index in [0.29, 0.717) is 16.6 Å². The highest BCUT2D eigenvalue weighted by molar-refractivity contribution is 7.85. The summed E-state index contributed by atoms with van der Waals surface area (Å²) in [6, 6.07) is 12.8. The maximum atomic E-state index is 12.1. The lowest BCUT2D eigenvalue weighted by Crippen LogP contribution is -2.30. The van der Waals surface area contributed by atoms with Crippen molar-refractivity contribution >= 4 is 26.8 Å². The number of rotatable bonds is 3. The quantitative estimate of drug-likeness (QED) is 0.692. The number of piperidine rings is 1. The van der Waals surface area contributed by atoms with Gasteiger partial charge in [-0.3, -0.25) is 4.55 Å². The van der Waals surface area contributed by atoms with Gasteiger partial charge in [-0.2, -0.15) is 8.42 Å². The molecular formula is C20H21N3O3S. The summed E-state index contributed by atoms with van der Waals surface area (Å²) in [6.45, 7) is 3.84. The molecule has 1 saturated heterocycles. The van der Waals surface area contributed by atoms with E-state index in [1.807, 2.05) is 31.2 Å². The Bertz CT molecular complexity index is 1110. The van der Waals surface area contributed by atoms with E-state index in [2.05, 4.69) is 14.9 Å². The third kappa shape index (κ3) is 3.40. The highest BCUT2D eigenvalue weighted by atomic mass is 32.2. The second kappa shape index (κ2) is 6.90. The van der Waals surface area contributed by atoms with Crippen molar-refractivity contribution < 1.29 is 13.0 Å². The maximum Gasteiger partial charge on any atom is 0.314 e. The van der Waals surface area contributed by atoms with Crippen LogP contribution in [0.2, 0.25) is 0 Å². The summed E-state index contributed by atoms with van der Waals surface area (Å²) >= 11 is 0. The Balaban J connectivity index is 2.01. The first-order valence-electron chi connectivity index (χ1n) is 9.04. The van der Waals surface area contributed by atoms with E-state index in [1.54, 1.807) is 18.2 Å². The largest absolute Gasteiger partial charge is 0.371 e. The number of hydrogen-bond donors (Lipinski definition) is 1. The van der Waals surface area contributed by atoms with Crippen LogP contribution >= 0.6 is 0 Å². The van der Waals surface area contributed by atoms with Gasteiger partial charge in [-0.15, -0.1) is 0 Å². The molecule has 0 unspecified atom stereocenters. The third-order valence-electron chi connectivity index (χ3n) is 4.95. The minimum Gasteiger partial charge on any atom is -0.371 e. The summed E-state index contributed by atoms with van der Waals surface area (Å²) in [5.74, 6) is 0. The summed E-state index contributed by atoms with van der Waals surface area (Å²) in [4.78, 5) is 11.1. The average Bonchev–Trinajstić information content (AvgIpc) is 2.67. The van der Waals surface area contributed by atoms with Gasteiger partial charge in [0.25, 0.3) is 0 Å². The standard InChI is InChI=1S/C20H21N3O3S/c1-14-8-7-9-15(19(14)23-12-5-2-6-13-23)18-20(27(24,25)26)22-17-11-4-3-10-16(17)21-18/h3-4,7-11H,2,5-6,12-13H2,1H3,(H,24,25,26). The van der Waals surface area contributed by atoms with Crippen molar-refractivity contribution in [1.82, 2.24) is 9.97 Å². The molecule has 6 nitrogen and oxygen atoms in total. The van der Waals surface area contributed by atoms with E-state index in [9.17, 15) is 13.0 Å². The second-order valence-electron chi connectivity index (χ2n) is 6.86. The van der Waals surface area contributed by atoms with Crippen molar-refractivity contribution in [3.05, 3.63) is 48.0 Å². The molecule has 0 spiro atoms. The molecule has 0 saturated carbocycles. The van der Waals surface area contributed by atoms with Gasteiger partial charge in [0, 0.05) is 24.3 Å². The summed E-state index contributed by atoms with van der Waals surface area (Å²) in [5.41, 5.74) is 3.91. The first kappa shape index (κ1) is 17.9. The molecule has 4 rings (SSSR count). The molecule has 0 bridgehead atoms. The van der Waals surface area contributed by atoms with Gasteiger partial charge in [-0.1, -0.05) is 30.3 Å². The molecule has 27 heavy (non-hydrogen) atoms. The Morgan fingerprint density at radius 1 is 0.926 bits per heavy atom. The van der Waals surface area contributed by atoms with E-state index in [4.69, 9.17) is 0 Å². The first-order valence-corrected chi connectivity index (χ1v) is 10.5. The fourth-order valence-electron chi connectivity index (χ4n) is 3.73. The number of benzene rings is 2.